The number of pyridine rings is 1. The minimum atomic E-state index is -0.376. The van der Waals surface area contributed by atoms with Gasteiger partial charge in [-0.1, -0.05) is 25.1 Å². The molecule has 2 heterocycles. The number of nitrogens with zero attached hydrogens (tertiary/aromatic N) is 3. The Balaban J connectivity index is 1.64. The number of hydrogen-bond donors (Lipinski definition) is 2. The molecule has 0 radical (unpaired) electrons. The number of para-hydroxylation sites is 1. The predicted octanol–water partition coefficient (Wildman–Crippen LogP) is 3.69. The summed E-state index contributed by atoms with van der Waals surface area (Å²) in [6, 6.07) is 16.0. The van der Waals surface area contributed by atoms with Crippen LogP contribution in [-0.2, 0) is 6.54 Å². The smallest absolute Gasteiger partial charge is 0.258 e. The van der Waals surface area contributed by atoms with Gasteiger partial charge in [0.05, 0.1) is 31.0 Å². The molecule has 4 rings (SSSR count). The van der Waals surface area contributed by atoms with E-state index < -0.39 is 0 Å². The van der Waals surface area contributed by atoms with Gasteiger partial charge in [-0.25, -0.2) is 0 Å². The van der Waals surface area contributed by atoms with Crippen LogP contribution >= 0.6 is 0 Å². The molecule has 0 fully saturated rings. The number of methoxy groups -OCH3 is 1. The maximum Gasteiger partial charge on any atom is 0.258 e. The maximum absolute atomic E-state index is 13.7. The lowest BCUT2D eigenvalue weighted by Crippen LogP contribution is -2.49. The second kappa shape index (κ2) is 12.7. The molecule has 9 heteroatoms. The van der Waals surface area contributed by atoms with Crippen LogP contribution in [0.1, 0.15) is 40.1 Å². The van der Waals surface area contributed by atoms with Crippen LogP contribution in [0.5, 0.6) is 11.5 Å². The molecule has 39 heavy (non-hydrogen) atoms. The average molecular weight is 533 g/mol. The van der Waals surface area contributed by atoms with E-state index in [2.05, 4.69) is 15.2 Å². The fourth-order valence-corrected chi connectivity index (χ4v) is 4.67. The first kappa shape index (κ1) is 28.1. The van der Waals surface area contributed by atoms with E-state index in [0.717, 1.165) is 11.3 Å². The Kier molecular flexibility index (Phi) is 9.16. The molecular formula is C30H36N4O5. The summed E-state index contributed by atoms with van der Waals surface area (Å²) in [5.74, 6) is 0.501. The van der Waals surface area contributed by atoms with E-state index >= 15 is 0 Å². The van der Waals surface area contributed by atoms with Gasteiger partial charge in [-0.15, -0.1) is 0 Å². The van der Waals surface area contributed by atoms with Crippen LogP contribution in [0.3, 0.4) is 0 Å². The molecule has 0 aliphatic carbocycles. The summed E-state index contributed by atoms with van der Waals surface area (Å²) in [6.07, 6.45) is 2.80. The molecule has 2 aromatic carbocycles. The van der Waals surface area contributed by atoms with Gasteiger partial charge < -0.3 is 24.8 Å². The Morgan fingerprint density at radius 3 is 2.59 bits per heavy atom. The summed E-state index contributed by atoms with van der Waals surface area (Å²) in [5.41, 5.74) is 2.33. The van der Waals surface area contributed by atoms with Crippen LogP contribution in [0, 0.1) is 5.92 Å². The van der Waals surface area contributed by atoms with Crippen LogP contribution in [0.2, 0.25) is 0 Å². The van der Waals surface area contributed by atoms with Gasteiger partial charge in [0.2, 0.25) is 0 Å². The van der Waals surface area contributed by atoms with Gasteiger partial charge in [0.15, 0.2) is 5.75 Å². The van der Waals surface area contributed by atoms with Gasteiger partial charge in [0, 0.05) is 43.5 Å². The molecule has 1 aliphatic heterocycles. The van der Waals surface area contributed by atoms with Crippen molar-refractivity contribution < 1.29 is 24.2 Å². The quantitative estimate of drug-likeness (QED) is 0.433. The van der Waals surface area contributed by atoms with Crippen LogP contribution in [-0.4, -0.2) is 77.7 Å². The zero-order chi connectivity index (χ0) is 27.9. The third-order valence-corrected chi connectivity index (χ3v) is 6.99. The van der Waals surface area contributed by atoms with Crippen LogP contribution in [0.25, 0.3) is 0 Å². The number of amides is 2. The first-order valence-corrected chi connectivity index (χ1v) is 13.0. The van der Waals surface area contributed by atoms with Crippen molar-refractivity contribution in [2.45, 2.75) is 32.5 Å². The van der Waals surface area contributed by atoms with E-state index in [-0.39, 0.29) is 36.5 Å². The van der Waals surface area contributed by atoms with Gasteiger partial charge in [-0.2, -0.15) is 0 Å². The number of aromatic nitrogens is 1. The van der Waals surface area contributed by atoms with Gasteiger partial charge in [0.1, 0.15) is 11.9 Å². The second-order valence-electron chi connectivity index (χ2n) is 10.0. The summed E-state index contributed by atoms with van der Waals surface area (Å²) >= 11 is 0. The summed E-state index contributed by atoms with van der Waals surface area (Å²) in [6.45, 7) is 5.41. The average Bonchev–Trinajstić information content (AvgIpc) is 2.95. The molecule has 0 spiro atoms. The maximum atomic E-state index is 13.7. The third kappa shape index (κ3) is 6.74. The monoisotopic (exact) mass is 532 g/mol. The zero-order valence-electron chi connectivity index (χ0n) is 22.8. The highest BCUT2D eigenvalue weighted by Crippen LogP contribution is 2.35. The number of carbonyl (C=O) groups is 2. The fourth-order valence-electron chi connectivity index (χ4n) is 4.67. The number of aliphatic hydroxyl groups is 1. The third-order valence-electron chi connectivity index (χ3n) is 6.99. The molecule has 1 aliphatic rings. The number of likely N-dealkylation sites (N-methyl/N-ethyl adjacent to an activating group) is 1. The molecule has 3 atom stereocenters. The summed E-state index contributed by atoms with van der Waals surface area (Å²) < 4.78 is 11.9. The highest BCUT2D eigenvalue weighted by atomic mass is 16.5. The number of hydrogen-bond acceptors (Lipinski definition) is 7. The summed E-state index contributed by atoms with van der Waals surface area (Å²) in [4.78, 5) is 34.5. The second-order valence-corrected chi connectivity index (χ2v) is 10.0. The molecule has 1 aromatic heterocycles. The topological polar surface area (TPSA) is 104 Å². The van der Waals surface area contributed by atoms with Gasteiger partial charge >= 0.3 is 0 Å². The van der Waals surface area contributed by atoms with E-state index in [1.54, 1.807) is 54.7 Å². The Bertz CT molecular complexity index is 1270. The number of benzene rings is 2. The molecule has 9 nitrogen and oxygen atoms in total. The molecule has 0 saturated heterocycles. The SMILES string of the molecule is COc1ccc(CN(C)C[C@@H]2Oc3c(NC(=O)c4ccncc4)cccc3C(=O)N([C@@H](C)CO)C[C@H]2C)cc1. The lowest BCUT2D eigenvalue weighted by Gasteiger charge is -2.38. The molecule has 3 aromatic rings. The number of ether oxygens (including phenoxy) is 2. The van der Waals surface area contributed by atoms with Crippen molar-refractivity contribution in [2.75, 3.05) is 39.2 Å². The lowest BCUT2D eigenvalue weighted by molar-refractivity contribution is 0.0343. The van der Waals surface area contributed by atoms with Crippen molar-refractivity contribution in [2.24, 2.45) is 5.92 Å². The molecule has 0 unspecified atom stereocenters. The molecule has 0 bridgehead atoms. The van der Waals surface area contributed by atoms with Crippen molar-refractivity contribution >= 4 is 17.5 Å². The number of fused-ring (bicyclic) bond motifs is 1. The normalized spacial score (nSPS) is 18.0. The zero-order valence-corrected chi connectivity index (χ0v) is 22.8. The fraction of sp³-hybridized carbons (Fsp3) is 0.367. The van der Waals surface area contributed by atoms with E-state index in [0.29, 0.717) is 42.2 Å². The number of nitrogens with one attached hydrogen (secondary N) is 1. The van der Waals surface area contributed by atoms with Crippen LogP contribution in [0.4, 0.5) is 5.69 Å². The first-order chi connectivity index (χ1) is 18.8. The van der Waals surface area contributed by atoms with Crippen molar-refractivity contribution in [3.8, 4) is 11.5 Å². The van der Waals surface area contributed by atoms with Crippen molar-refractivity contribution in [1.82, 2.24) is 14.8 Å². The van der Waals surface area contributed by atoms with E-state index in [1.165, 1.54) is 0 Å². The number of rotatable bonds is 9. The highest BCUT2D eigenvalue weighted by molar-refractivity contribution is 6.07. The largest absolute Gasteiger partial charge is 0.497 e. The standard InChI is InChI=1S/C30H36N4O5/c1-20-16-34(21(2)19-35)30(37)25-6-5-7-26(32-29(36)23-12-14-31-15-13-23)28(25)39-27(20)18-33(3)17-22-8-10-24(38-4)11-9-22/h5-15,20-21,27,35H,16-19H2,1-4H3,(H,32,36)/t20-,21+,27+/m1/s1. The van der Waals surface area contributed by atoms with Crippen molar-refractivity contribution in [3.63, 3.8) is 0 Å². The molecule has 0 saturated carbocycles. The molecule has 2 N–H and O–H groups in total. The van der Waals surface area contributed by atoms with E-state index in [9.17, 15) is 14.7 Å². The predicted molar refractivity (Wildman–Crippen MR) is 149 cm³/mol. The Labute approximate surface area is 229 Å². The molecule has 2 amide bonds. The molecule has 206 valence electrons. The highest BCUT2D eigenvalue weighted by Gasteiger charge is 2.34. The number of aliphatic hydroxyl groups excluding tert-OH is 1. The van der Waals surface area contributed by atoms with Crippen LogP contribution < -0.4 is 14.8 Å². The molecular weight excluding hydrogens is 496 g/mol. The summed E-state index contributed by atoms with van der Waals surface area (Å²) in [7, 11) is 3.67. The first-order valence-electron chi connectivity index (χ1n) is 13.0. The van der Waals surface area contributed by atoms with Gasteiger partial charge in [0.25, 0.3) is 11.8 Å². The lowest BCUT2D eigenvalue weighted by atomic mass is 9.98. The minimum absolute atomic E-state index is 0.0571. The van der Waals surface area contributed by atoms with Crippen LogP contribution in [0.15, 0.2) is 67.0 Å². The van der Waals surface area contributed by atoms with E-state index in [4.69, 9.17) is 9.47 Å². The van der Waals surface area contributed by atoms with Gasteiger partial charge in [-0.05, 0) is 55.9 Å². The van der Waals surface area contributed by atoms with Gasteiger partial charge in [-0.3, -0.25) is 19.5 Å². The Morgan fingerprint density at radius 1 is 1.21 bits per heavy atom. The number of carbonyl (C=O) groups excluding carboxylic acids is 2. The van der Waals surface area contributed by atoms with E-state index in [1.807, 2.05) is 45.2 Å². The summed E-state index contributed by atoms with van der Waals surface area (Å²) in [5, 5.41) is 12.8. The Morgan fingerprint density at radius 2 is 1.92 bits per heavy atom. The minimum Gasteiger partial charge on any atom is -0.497 e. The van der Waals surface area contributed by atoms with Crippen molar-refractivity contribution in [1.29, 1.82) is 0 Å². The number of anilines is 1. The Hall–Kier alpha value is -3.95. The van der Waals surface area contributed by atoms with Crippen molar-refractivity contribution in [3.05, 3.63) is 83.7 Å².